The molecule has 2 nitrogen and oxygen atoms in total. The van der Waals surface area contributed by atoms with Gasteiger partial charge in [-0.2, -0.15) is 0 Å². The molecule has 66 valence electrons. The maximum Gasteiger partial charge on any atom is 0.0166 e. The molecule has 11 heavy (non-hydrogen) atoms. The van der Waals surface area contributed by atoms with Gasteiger partial charge in [0.05, 0.1) is 0 Å². The van der Waals surface area contributed by atoms with E-state index >= 15 is 0 Å². The van der Waals surface area contributed by atoms with Crippen molar-refractivity contribution in [3.63, 3.8) is 0 Å². The molecule has 0 saturated carbocycles. The first-order chi connectivity index (χ1) is 5.17. The van der Waals surface area contributed by atoms with Gasteiger partial charge in [0.15, 0.2) is 0 Å². The molecule has 1 heterocycles. The highest BCUT2D eigenvalue weighted by molar-refractivity contribution is 4.91. The van der Waals surface area contributed by atoms with Crippen LogP contribution in [0.25, 0.3) is 0 Å². The highest BCUT2D eigenvalue weighted by atomic mass is 14.9. The van der Waals surface area contributed by atoms with E-state index in [2.05, 4.69) is 19.2 Å². The molecule has 2 atom stereocenters. The zero-order valence-corrected chi connectivity index (χ0v) is 7.69. The van der Waals surface area contributed by atoms with Crippen molar-refractivity contribution in [3.05, 3.63) is 0 Å². The molecule has 1 rings (SSSR count). The molecule has 0 aliphatic carbocycles. The van der Waals surface area contributed by atoms with E-state index in [1.165, 1.54) is 12.8 Å². The molecule has 1 aliphatic heterocycles. The van der Waals surface area contributed by atoms with Crippen molar-refractivity contribution >= 4 is 0 Å². The topological polar surface area (TPSA) is 38.0 Å². The molecule has 0 spiro atoms. The number of rotatable bonds is 3. The Bertz CT molecular complexity index is 115. The monoisotopic (exact) mass is 156 g/mol. The van der Waals surface area contributed by atoms with Gasteiger partial charge in [-0.3, -0.25) is 0 Å². The van der Waals surface area contributed by atoms with Crippen LogP contribution in [0.3, 0.4) is 0 Å². The lowest BCUT2D eigenvalue weighted by Crippen LogP contribution is -2.44. The predicted molar refractivity (Wildman–Crippen MR) is 48.5 cm³/mol. The van der Waals surface area contributed by atoms with E-state index in [1.54, 1.807) is 0 Å². The lowest BCUT2D eigenvalue weighted by molar-refractivity contribution is 0.293. The van der Waals surface area contributed by atoms with Crippen LogP contribution in [0.15, 0.2) is 0 Å². The summed E-state index contributed by atoms with van der Waals surface area (Å²) in [6.07, 6.45) is 3.61. The summed E-state index contributed by atoms with van der Waals surface area (Å²) < 4.78 is 0. The van der Waals surface area contributed by atoms with E-state index in [4.69, 9.17) is 5.73 Å². The Kier molecular flexibility index (Phi) is 2.90. The van der Waals surface area contributed by atoms with Crippen LogP contribution in [-0.4, -0.2) is 18.6 Å². The van der Waals surface area contributed by atoms with Crippen molar-refractivity contribution in [2.24, 2.45) is 11.7 Å². The number of nitrogens with one attached hydrogen (secondary N) is 1. The van der Waals surface area contributed by atoms with Gasteiger partial charge in [-0.1, -0.05) is 13.3 Å². The van der Waals surface area contributed by atoms with Crippen LogP contribution >= 0.6 is 0 Å². The van der Waals surface area contributed by atoms with Gasteiger partial charge in [-0.25, -0.2) is 0 Å². The number of nitrogens with two attached hydrogens (primary N) is 1. The fourth-order valence-electron chi connectivity index (χ4n) is 1.96. The van der Waals surface area contributed by atoms with E-state index in [-0.39, 0.29) is 5.54 Å². The van der Waals surface area contributed by atoms with Gasteiger partial charge in [0.1, 0.15) is 0 Å². The molecule has 1 saturated heterocycles. The Morgan fingerprint density at radius 1 is 1.64 bits per heavy atom. The average molecular weight is 156 g/mol. The lowest BCUT2D eigenvalue weighted by Gasteiger charge is -2.30. The molecule has 0 aromatic rings. The van der Waals surface area contributed by atoms with Crippen LogP contribution < -0.4 is 11.1 Å². The first-order valence-electron chi connectivity index (χ1n) is 4.66. The molecule has 2 unspecified atom stereocenters. The van der Waals surface area contributed by atoms with Crippen molar-refractivity contribution in [1.29, 1.82) is 0 Å². The highest BCUT2D eigenvalue weighted by Gasteiger charge is 2.30. The van der Waals surface area contributed by atoms with Crippen molar-refractivity contribution in [1.82, 2.24) is 5.32 Å². The van der Waals surface area contributed by atoms with Crippen LogP contribution in [0, 0.1) is 5.92 Å². The Balaban J connectivity index is 2.41. The number of hydrogen-bond acceptors (Lipinski definition) is 2. The van der Waals surface area contributed by atoms with E-state index in [0.717, 1.165) is 19.5 Å². The first-order valence-corrected chi connectivity index (χ1v) is 4.66. The second kappa shape index (κ2) is 3.55. The summed E-state index contributed by atoms with van der Waals surface area (Å²) >= 11 is 0. The smallest absolute Gasteiger partial charge is 0.0166 e. The fourth-order valence-corrected chi connectivity index (χ4v) is 1.96. The second-order valence-electron chi connectivity index (χ2n) is 3.95. The molecule has 1 aliphatic rings. The third-order valence-electron chi connectivity index (χ3n) is 2.78. The summed E-state index contributed by atoms with van der Waals surface area (Å²) in [6, 6.07) is 0. The highest BCUT2D eigenvalue weighted by Crippen LogP contribution is 2.24. The van der Waals surface area contributed by atoms with Crippen molar-refractivity contribution < 1.29 is 0 Å². The minimum absolute atomic E-state index is 0.0677. The quantitative estimate of drug-likeness (QED) is 0.642. The Morgan fingerprint density at radius 2 is 2.36 bits per heavy atom. The van der Waals surface area contributed by atoms with Crippen LogP contribution in [0.5, 0.6) is 0 Å². The Labute approximate surface area is 69.5 Å². The summed E-state index contributed by atoms with van der Waals surface area (Å²) in [4.78, 5) is 0. The molecule has 0 radical (unpaired) electrons. The van der Waals surface area contributed by atoms with E-state index in [0.29, 0.717) is 5.92 Å². The van der Waals surface area contributed by atoms with Gasteiger partial charge in [0, 0.05) is 5.54 Å². The molecule has 2 heteroatoms. The molecule has 0 amide bonds. The Morgan fingerprint density at radius 3 is 2.82 bits per heavy atom. The second-order valence-corrected chi connectivity index (χ2v) is 3.95. The molecular formula is C9H20N2. The zero-order valence-electron chi connectivity index (χ0n) is 7.69. The van der Waals surface area contributed by atoms with Crippen LogP contribution in [0.4, 0.5) is 0 Å². The predicted octanol–water partition coefficient (Wildman–Crippen LogP) is 1.11. The SMILES string of the molecule is CCCC(C)(N)C1CCNC1. The van der Waals surface area contributed by atoms with Crippen LogP contribution in [0.2, 0.25) is 0 Å². The third kappa shape index (κ3) is 2.17. The van der Waals surface area contributed by atoms with Gasteiger partial charge in [0.2, 0.25) is 0 Å². The maximum absolute atomic E-state index is 6.19. The lowest BCUT2D eigenvalue weighted by atomic mass is 9.82. The van der Waals surface area contributed by atoms with Crippen molar-refractivity contribution in [3.8, 4) is 0 Å². The first kappa shape index (κ1) is 9.01. The molecule has 1 fully saturated rings. The van der Waals surface area contributed by atoms with Crippen molar-refractivity contribution in [2.75, 3.05) is 13.1 Å². The van der Waals surface area contributed by atoms with E-state index in [9.17, 15) is 0 Å². The Hall–Kier alpha value is -0.0800. The fraction of sp³-hybridized carbons (Fsp3) is 1.00. The minimum Gasteiger partial charge on any atom is -0.325 e. The summed E-state index contributed by atoms with van der Waals surface area (Å²) in [7, 11) is 0. The van der Waals surface area contributed by atoms with E-state index in [1.807, 2.05) is 0 Å². The summed E-state index contributed by atoms with van der Waals surface area (Å²) in [5.41, 5.74) is 6.26. The minimum atomic E-state index is 0.0677. The molecule has 0 aromatic carbocycles. The summed E-state index contributed by atoms with van der Waals surface area (Å²) in [6.45, 7) is 6.66. The van der Waals surface area contributed by atoms with Crippen molar-refractivity contribution in [2.45, 2.75) is 38.6 Å². The van der Waals surface area contributed by atoms with Gasteiger partial charge < -0.3 is 11.1 Å². The normalized spacial score (nSPS) is 30.3. The number of hydrogen-bond donors (Lipinski definition) is 2. The standard InChI is InChI=1S/C9H20N2/c1-3-5-9(2,10)8-4-6-11-7-8/h8,11H,3-7,10H2,1-2H3. The van der Waals surface area contributed by atoms with Gasteiger partial charge in [-0.15, -0.1) is 0 Å². The van der Waals surface area contributed by atoms with Gasteiger partial charge in [0.25, 0.3) is 0 Å². The molecule has 0 aromatic heterocycles. The molecule has 0 bridgehead atoms. The summed E-state index contributed by atoms with van der Waals surface area (Å²) in [5.74, 6) is 0.697. The average Bonchev–Trinajstić information content (AvgIpc) is 2.37. The van der Waals surface area contributed by atoms with Crippen LogP contribution in [-0.2, 0) is 0 Å². The third-order valence-corrected chi connectivity index (χ3v) is 2.78. The molecular weight excluding hydrogens is 136 g/mol. The van der Waals surface area contributed by atoms with E-state index < -0.39 is 0 Å². The van der Waals surface area contributed by atoms with Crippen LogP contribution in [0.1, 0.15) is 33.1 Å². The molecule has 3 N–H and O–H groups in total. The zero-order chi connectivity index (χ0) is 8.32. The van der Waals surface area contributed by atoms with Gasteiger partial charge in [-0.05, 0) is 38.8 Å². The largest absolute Gasteiger partial charge is 0.325 e. The maximum atomic E-state index is 6.19. The summed E-state index contributed by atoms with van der Waals surface area (Å²) in [5, 5.41) is 3.36. The van der Waals surface area contributed by atoms with Gasteiger partial charge >= 0.3 is 0 Å².